The summed E-state index contributed by atoms with van der Waals surface area (Å²) in [6, 6.07) is 14.3. The maximum atomic E-state index is 12.7. The first kappa shape index (κ1) is 18.9. The Morgan fingerprint density at radius 1 is 1.11 bits per heavy atom. The first-order valence-electron chi connectivity index (χ1n) is 9.55. The number of ether oxygens (including phenoxy) is 1. The van der Waals surface area contributed by atoms with E-state index in [0.29, 0.717) is 28.2 Å². The molecule has 4 nitrogen and oxygen atoms in total. The summed E-state index contributed by atoms with van der Waals surface area (Å²) in [6.45, 7) is 2.19. The lowest BCUT2D eigenvalue weighted by Gasteiger charge is -2.26. The fraction of sp³-hybridized carbons (Fsp3) is 0.304. The van der Waals surface area contributed by atoms with E-state index >= 15 is 0 Å². The van der Waals surface area contributed by atoms with E-state index in [-0.39, 0.29) is 12.1 Å². The number of esters is 1. The molecule has 2 aromatic carbocycles. The van der Waals surface area contributed by atoms with Crippen molar-refractivity contribution in [3.63, 3.8) is 0 Å². The van der Waals surface area contributed by atoms with E-state index in [1.54, 1.807) is 30.3 Å². The second-order valence-corrected chi connectivity index (χ2v) is 8.33. The van der Waals surface area contributed by atoms with Gasteiger partial charge in [-0.2, -0.15) is 0 Å². The van der Waals surface area contributed by atoms with Crippen LogP contribution in [0.5, 0.6) is 0 Å². The van der Waals surface area contributed by atoms with Gasteiger partial charge in [-0.05, 0) is 55.5 Å². The van der Waals surface area contributed by atoms with Crippen LogP contribution in [0.2, 0.25) is 0 Å². The van der Waals surface area contributed by atoms with Crippen LogP contribution in [-0.4, -0.2) is 12.1 Å². The van der Waals surface area contributed by atoms with Gasteiger partial charge in [0.05, 0.1) is 11.1 Å². The van der Waals surface area contributed by atoms with Crippen molar-refractivity contribution < 1.29 is 13.9 Å². The topological polar surface area (TPSA) is 56.5 Å². The highest BCUT2D eigenvalue weighted by Gasteiger charge is 2.23. The van der Waals surface area contributed by atoms with Crippen molar-refractivity contribution in [2.75, 3.05) is 0 Å². The fourth-order valence-corrected chi connectivity index (χ4v) is 4.27. The minimum Gasteiger partial charge on any atom is -0.459 e. The summed E-state index contributed by atoms with van der Waals surface area (Å²) < 4.78 is 11.9. The SMILES string of the molecule is C[C@H]1CCC[C@H](OC(=O)c2ccc(Br)c(-c3cc4ccccc4oc3=O)c2)C1. The van der Waals surface area contributed by atoms with Gasteiger partial charge in [0, 0.05) is 15.4 Å². The maximum Gasteiger partial charge on any atom is 0.344 e. The Morgan fingerprint density at radius 2 is 1.93 bits per heavy atom. The normalized spacial score (nSPS) is 19.5. The molecule has 0 aliphatic heterocycles. The van der Waals surface area contributed by atoms with Gasteiger partial charge in [0.15, 0.2) is 0 Å². The monoisotopic (exact) mass is 440 g/mol. The highest BCUT2D eigenvalue weighted by molar-refractivity contribution is 9.10. The standard InChI is InChI=1S/C23H21BrO4/c1-14-5-4-7-17(11-14)27-22(25)16-9-10-20(24)18(13-16)19-12-15-6-2-3-8-21(15)28-23(19)26/h2-3,6,8-10,12-14,17H,4-5,7,11H2,1H3/t14-,17-/m0/s1. The number of hydrogen-bond donors (Lipinski definition) is 0. The Balaban J connectivity index is 1.67. The van der Waals surface area contributed by atoms with Crippen molar-refractivity contribution in [1.29, 1.82) is 0 Å². The molecule has 0 radical (unpaired) electrons. The first-order valence-corrected chi connectivity index (χ1v) is 10.3. The van der Waals surface area contributed by atoms with Gasteiger partial charge in [0.25, 0.3) is 0 Å². The molecule has 0 unspecified atom stereocenters. The molecular formula is C23H21BrO4. The molecule has 0 bridgehead atoms. The second-order valence-electron chi connectivity index (χ2n) is 7.48. The fourth-order valence-electron chi connectivity index (χ4n) is 3.81. The molecule has 1 aromatic heterocycles. The summed E-state index contributed by atoms with van der Waals surface area (Å²) in [7, 11) is 0. The van der Waals surface area contributed by atoms with Crippen LogP contribution in [0.25, 0.3) is 22.1 Å². The molecule has 5 heteroatoms. The Hall–Kier alpha value is -2.40. The Bertz CT molecular complexity index is 1090. The minimum atomic E-state index is -0.439. The molecule has 0 N–H and O–H groups in total. The van der Waals surface area contributed by atoms with Crippen molar-refractivity contribution in [2.24, 2.45) is 5.92 Å². The third-order valence-corrected chi connectivity index (χ3v) is 5.99. The average molecular weight is 441 g/mol. The van der Waals surface area contributed by atoms with Crippen LogP contribution in [0.1, 0.15) is 43.0 Å². The Morgan fingerprint density at radius 3 is 2.75 bits per heavy atom. The maximum absolute atomic E-state index is 12.7. The number of benzene rings is 2. The van der Waals surface area contributed by atoms with Crippen LogP contribution in [0, 0.1) is 5.92 Å². The summed E-state index contributed by atoms with van der Waals surface area (Å²) >= 11 is 3.49. The number of hydrogen-bond acceptors (Lipinski definition) is 4. The Kier molecular flexibility index (Phi) is 5.36. The van der Waals surface area contributed by atoms with Gasteiger partial charge >= 0.3 is 11.6 Å². The van der Waals surface area contributed by atoms with Crippen LogP contribution in [0.4, 0.5) is 0 Å². The van der Waals surface area contributed by atoms with E-state index in [4.69, 9.17) is 9.15 Å². The molecular weight excluding hydrogens is 420 g/mol. The van der Waals surface area contributed by atoms with Gasteiger partial charge in [0.1, 0.15) is 11.7 Å². The van der Waals surface area contributed by atoms with Crippen LogP contribution in [0.3, 0.4) is 0 Å². The summed E-state index contributed by atoms with van der Waals surface area (Å²) in [5, 5.41) is 0.827. The lowest BCUT2D eigenvalue weighted by molar-refractivity contribution is 0.0155. The van der Waals surface area contributed by atoms with E-state index in [1.165, 1.54) is 6.42 Å². The highest BCUT2D eigenvalue weighted by atomic mass is 79.9. The molecule has 2 atom stereocenters. The summed E-state index contributed by atoms with van der Waals surface area (Å²) in [5.74, 6) is 0.229. The molecule has 0 spiro atoms. The van der Waals surface area contributed by atoms with Crippen LogP contribution >= 0.6 is 15.9 Å². The third kappa shape index (κ3) is 3.90. The number of fused-ring (bicyclic) bond motifs is 1. The molecule has 4 rings (SSSR count). The van der Waals surface area contributed by atoms with Crippen molar-refractivity contribution in [3.05, 3.63) is 69.0 Å². The number of carbonyl (C=O) groups excluding carboxylic acids is 1. The lowest BCUT2D eigenvalue weighted by Crippen LogP contribution is -2.24. The van der Waals surface area contributed by atoms with Gasteiger partial charge in [-0.1, -0.05) is 47.5 Å². The molecule has 1 heterocycles. The number of rotatable bonds is 3. The highest BCUT2D eigenvalue weighted by Crippen LogP contribution is 2.31. The van der Waals surface area contributed by atoms with E-state index in [0.717, 1.165) is 29.1 Å². The predicted molar refractivity (Wildman–Crippen MR) is 112 cm³/mol. The van der Waals surface area contributed by atoms with Gasteiger partial charge in [0.2, 0.25) is 0 Å². The molecule has 1 fully saturated rings. The van der Waals surface area contributed by atoms with E-state index in [1.807, 2.05) is 18.2 Å². The van der Waals surface area contributed by atoms with E-state index < -0.39 is 5.63 Å². The number of carbonyl (C=O) groups is 1. The quantitative estimate of drug-likeness (QED) is 0.372. The van der Waals surface area contributed by atoms with Crippen LogP contribution < -0.4 is 5.63 Å². The smallest absolute Gasteiger partial charge is 0.344 e. The molecule has 144 valence electrons. The summed E-state index contributed by atoms with van der Waals surface area (Å²) in [4.78, 5) is 25.2. The summed E-state index contributed by atoms with van der Waals surface area (Å²) in [5.41, 5.74) is 1.56. The lowest BCUT2D eigenvalue weighted by atomic mass is 9.89. The molecule has 1 aliphatic carbocycles. The summed E-state index contributed by atoms with van der Waals surface area (Å²) in [6.07, 6.45) is 4.06. The third-order valence-electron chi connectivity index (χ3n) is 5.30. The zero-order valence-electron chi connectivity index (χ0n) is 15.6. The van der Waals surface area contributed by atoms with Gasteiger partial charge < -0.3 is 9.15 Å². The number of halogens is 1. The van der Waals surface area contributed by atoms with Crippen LogP contribution in [0.15, 0.2) is 62.2 Å². The molecule has 3 aromatic rings. The zero-order valence-corrected chi connectivity index (χ0v) is 17.2. The minimum absolute atomic E-state index is 0.0333. The van der Waals surface area contributed by atoms with Crippen molar-refractivity contribution in [2.45, 2.75) is 38.7 Å². The molecule has 1 aliphatic rings. The molecule has 0 amide bonds. The largest absolute Gasteiger partial charge is 0.459 e. The average Bonchev–Trinajstić information content (AvgIpc) is 2.68. The molecule has 1 saturated carbocycles. The second kappa shape index (κ2) is 7.92. The van der Waals surface area contributed by atoms with Gasteiger partial charge in [-0.15, -0.1) is 0 Å². The zero-order chi connectivity index (χ0) is 19.7. The molecule has 0 saturated heterocycles. The van der Waals surface area contributed by atoms with Gasteiger partial charge in [-0.25, -0.2) is 9.59 Å². The first-order chi connectivity index (χ1) is 13.5. The van der Waals surface area contributed by atoms with Crippen molar-refractivity contribution in [1.82, 2.24) is 0 Å². The number of para-hydroxylation sites is 1. The predicted octanol–water partition coefficient (Wildman–Crippen LogP) is 5.96. The van der Waals surface area contributed by atoms with Crippen molar-refractivity contribution >= 4 is 32.9 Å². The van der Waals surface area contributed by atoms with E-state index in [9.17, 15) is 9.59 Å². The van der Waals surface area contributed by atoms with E-state index in [2.05, 4.69) is 22.9 Å². The van der Waals surface area contributed by atoms with Crippen LogP contribution in [-0.2, 0) is 4.74 Å². The van der Waals surface area contributed by atoms with Gasteiger partial charge in [-0.3, -0.25) is 0 Å². The molecule has 28 heavy (non-hydrogen) atoms. The van der Waals surface area contributed by atoms with Crippen molar-refractivity contribution in [3.8, 4) is 11.1 Å². The Labute approximate surface area is 171 Å².